The molecule has 1 saturated heterocycles. The first-order chi connectivity index (χ1) is 7.65. The molecule has 0 aromatic heterocycles. The number of amides is 1. The van der Waals surface area contributed by atoms with E-state index in [1.54, 1.807) is 0 Å². The molecule has 2 rings (SSSR count). The third-order valence-electron chi connectivity index (χ3n) is 4.09. The highest BCUT2D eigenvalue weighted by Crippen LogP contribution is 2.31. The van der Waals surface area contributed by atoms with Gasteiger partial charge in [0.25, 0.3) is 0 Å². The average Bonchev–Trinajstić information content (AvgIpc) is 2.65. The van der Waals surface area contributed by atoms with Gasteiger partial charge in [-0.15, -0.1) is 12.4 Å². The molecule has 3 nitrogen and oxygen atoms in total. The van der Waals surface area contributed by atoms with Gasteiger partial charge in [-0.25, -0.2) is 0 Å². The van der Waals surface area contributed by atoms with Crippen molar-refractivity contribution < 1.29 is 4.79 Å². The predicted molar refractivity (Wildman–Crippen MR) is 72.2 cm³/mol. The Morgan fingerprint density at radius 1 is 1.35 bits per heavy atom. The third kappa shape index (κ3) is 4.14. The summed E-state index contributed by atoms with van der Waals surface area (Å²) in [6, 6.07) is 0.217. The molecule has 1 saturated carbocycles. The van der Waals surface area contributed by atoms with Crippen LogP contribution in [0, 0.1) is 11.8 Å². The molecule has 0 aromatic rings. The molecule has 0 radical (unpaired) electrons. The lowest BCUT2D eigenvalue weighted by molar-refractivity contribution is -0.131. The smallest absolute Gasteiger partial charge is 0.222 e. The zero-order valence-electron chi connectivity index (χ0n) is 10.7. The largest absolute Gasteiger partial charge is 0.341 e. The maximum absolute atomic E-state index is 12.0. The number of nitrogens with zero attached hydrogens (tertiary/aromatic N) is 1. The van der Waals surface area contributed by atoms with Gasteiger partial charge in [-0.2, -0.15) is 0 Å². The highest BCUT2D eigenvalue weighted by atomic mass is 35.5. The maximum atomic E-state index is 12.0. The van der Waals surface area contributed by atoms with Crippen LogP contribution in [0.1, 0.15) is 45.4 Å². The minimum absolute atomic E-state index is 0. The van der Waals surface area contributed by atoms with E-state index < -0.39 is 0 Å². The molecule has 2 N–H and O–H groups in total. The van der Waals surface area contributed by atoms with Crippen molar-refractivity contribution in [2.75, 3.05) is 13.1 Å². The monoisotopic (exact) mass is 260 g/mol. The summed E-state index contributed by atoms with van der Waals surface area (Å²) in [7, 11) is 0. The number of likely N-dealkylation sites (tertiary alicyclic amines) is 1. The number of carbonyl (C=O) groups is 1. The Labute approximate surface area is 111 Å². The Balaban J connectivity index is 0.00000144. The molecule has 3 atom stereocenters. The molecule has 1 aliphatic heterocycles. The van der Waals surface area contributed by atoms with Crippen LogP contribution < -0.4 is 5.73 Å². The molecular weight excluding hydrogens is 236 g/mol. The van der Waals surface area contributed by atoms with Gasteiger partial charge in [-0.05, 0) is 31.1 Å². The van der Waals surface area contributed by atoms with Crippen molar-refractivity contribution in [2.24, 2.45) is 17.6 Å². The van der Waals surface area contributed by atoms with Crippen molar-refractivity contribution in [3.05, 3.63) is 0 Å². The van der Waals surface area contributed by atoms with Gasteiger partial charge in [-0.1, -0.05) is 19.8 Å². The molecule has 0 spiro atoms. The van der Waals surface area contributed by atoms with Crippen LogP contribution in [-0.4, -0.2) is 29.9 Å². The molecule has 1 heterocycles. The Morgan fingerprint density at radius 3 is 2.71 bits per heavy atom. The van der Waals surface area contributed by atoms with E-state index >= 15 is 0 Å². The van der Waals surface area contributed by atoms with Gasteiger partial charge >= 0.3 is 0 Å². The lowest BCUT2D eigenvalue weighted by Gasteiger charge is -2.27. The first-order valence-corrected chi connectivity index (χ1v) is 6.68. The lowest BCUT2D eigenvalue weighted by Crippen LogP contribution is -2.33. The van der Waals surface area contributed by atoms with Crippen LogP contribution >= 0.6 is 12.4 Å². The number of hydrogen-bond donors (Lipinski definition) is 1. The molecule has 2 fully saturated rings. The summed E-state index contributed by atoms with van der Waals surface area (Å²) in [5, 5.41) is 0. The molecule has 1 aliphatic carbocycles. The number of hydrogen-bond acceptors (Lipinski definition) is 2. The zero-order valence-corrected chi connectivity index (χ0v) is 11.5. The summed E-state index contributed by atoms with van der Waals surface area (Å²) >= 11 is 0. The van der Waals surface area contributed by atoms with Gasteiger partial charge in [0, 0.05) is 25.6 Å². The van der Waals surface area contributed by atoms with E-state index in [9.17, 15) is 4.79 Å². The standard InChI is InChI=1S/C13H24N2O.ClH/c1-10-3-2-4-11(7-10)8-13(16)15-6-5-12(14)9-15;/h10-12H,2-9,14H2,1H3;1H/t10?,11?,12-;/m1./s1. The minimum Gasteiger partial charge on any atom is -0.341 e. The van der Waals surface area contributed by atoms with E-state index in [1.807, 2.05) is 4.90 Å². The fourth-order valence-electron chi connectivity index (χ4n) is 3.14. The molecule has 100 valence electrons. The van der Waals surface area contributed by atoms with Crippen molar-refractivity contribution in [2.45, 2.75) is 51.5 Å². The summed E-state index contributed by atoms with van der Waals surface area (Å²) in [5.41, 5.74) is 5.82. The summed E-state index contributed by atoms with van der Waals surface area (Å²) in [6.45, 7) is 3.96. The molecule has 2 unspecified atom stereocenters. The van der Waals surface area contributed by atoms with Crippen LogP contribution in [0.3, 0.4) is 0 Å². The van der Waals surface area contributed by atoms with E-state index in [1.165, 1.54) is 25.7 Å². The van der Waals surface area contributed by atoms with E-state index in [0.29, 0.717) is 11.8 Å². The summed E-state index contributed by atoms with van der Waals surface area (Å²) in [4.78, 5) is 14.0. The van der Waals surface area contributed by atoms with Crippen molar-refractivity contribution in [1.29, 1.82) is 0 Å². The van der Waals surface area contributed by atoms with Gasteiger partial charge in [0.2, 0.25) is 5.91 Å². The second kappa shape index (κ2) is 6.60. The van der Waals surface area contributed by atoms with E-state index in [4.69, 9.17) is 5.73 Å². The molecule has 17 heavy (non-hydrogen) atoms. The highest BCUT2D eigenvalue weighted by Gasteiger charge is 2.27. The molecule has 0 bridgehead atoms. The second-order valence-corrected chi connectivity index (χ2v) is 5.73. The Kier molecular flexibility index (Phi) is 5.74. The Morgan fingerprint density at radius 2 is 2.12 bits per heavy atom. The highest BCUT2D eigenvalue weighted by molar-refractivity contribution is 5.85. The first-order valence-electron chi connectivity index (χ1n) is 6.68. The second-order valence-electron chi connectivity index (χ2n) is 5.73. The zero-order chi connectivity index (χ0) is 11.5. The van der Waals surface area contributed by atoms with Crippen LogP contribution in [0.25, 0.3) is 0 Å². The fraction of sp³-hybridized carbons (Fsp3) is 0.923. The SMILES string of the molecule is CC1CCCC(CC(=O)N2CC[C@@H](N)C2)C1.Cl. The van der Waals surface area contributed by atoms with E-state index in [2.05, 4.69) is 6.92 Å². The van der Waals surface area contributed by atoms with Crippen LogP contribution in [0.4, 0.5) is 0 Å². The van der Waals surface area contributed by atoms with Gasteiger partial charge in [0.1, 0.15) is 0 Å². The Hall–Kier alpha value is -0.280. The maximum Gasteiger partial charge on any atom is 0.222 e. The predicted octanol–water partition coefficient (Wildman–Crippen LogP) is 2.18. The number of carbonyl (C=O) groups excluding carboxylic acids is 1. The van der Waals surface area contributed by atoms with Crippen molar-refractivity contribution in [3.63, 3.8) is 0 Å². The van der Waals surface area contributed by atoms with Crippen molar-refractivity contribution in [3.8, 4) is 0 Å². The van der Waals surface area contributed by atoms with Gasteiger partial charge in [0.05, 0.1) is 0 Å². The molecular formula is C13H25ClN2O. The Bertz CT molecular complexity index is 260. The van der Waals surface area contributed by atoms with E-state index in [0.717, 1.165) is 31.8 Å². The molecule has 1 amide bonds. The first kappa shape index (κ1) is 14.8. The molecule has 0 aromatic carbocycles. The van der Waals surface area contributed by atoms with Gasteiger partial charge < -0.3 is 10.6 Å². The third-order valence-corrected chi connectivity index (χ3v) is 4.09. The number of halogens is 1. The molecule has 4 heteroatoms. The van der Waals surface area contributed by atoms with Crippen LogP contribution in [0.2, 0.25) is 0 Å². The number of rotatable bonds is 2. The van der Waals surface area contributed by atoms with Crippen molar-refractivity contribution >= 4 is 18.3 Å². The fourth-order valence-corrected chi connectivity index (χ4v) is 3.14. The number of nitrogens with two attached hydrogens (primary N) is 1. The van der Waals surface area contributed by atoms with Crippen LogP contribution in [0.5, 0.6) is 0 Å². The topological polar surface area (TPSA) is 46.3 Å². The summed E-state index contributed by atoms with van der Waals surface area (Å²) < 4.78 is 0. The van der Waals surface area contributed by atoms with Gasteiger partial charge in [0.15, 0.2) is 0 Å². The minimum atomic E-state index is 0. The summed E-state index contributed by atoms with van der Waals surface area (Å²) in [5.74, 6) is 1.78. The quantitative estimate of drug-likeness (QED) is 0.827. The van der Waals surface area contributed by atoms with E-state index in [-0.39, 0.29) is 18.4 Å². The molecule has 2 aliphatic rings. The summed E-state index contributed by atoms with van der Waals surface area (Å²) in [6.07, 6.45) is 6.88. The normalized spacial score (nSPS) is 33.3. The van der Waals surface area contributed by atoms with Crippen LogP contribution in [0.15, 0.2) is 0 Å². The lowest BCUT2D eigenvalue weighted by atomic mass is 9.80. The van der Waals surface area contributed by atoms with Crippen LogP contribution in [-0.2, 0) is 4.79 Å². The average molecular weight is 261 g/mol. The van der Waals surface area contributed by atoms with Crippen molar-refractivity contribution in [1.82, 2.24) is 4.90 Å². The van der Waals surface area contributed by atoms with Gasteiger partial charge in [-0.3, -0.25) is 4.79 Å².